The van der Waals surface area contributed by atoms with E-state index >= 15 is 0 Å². The van der Waals surface area contributed by atoms with Gasteiger partial charge in [-0.2, -0.15) is 11.8 Å². The van der Waals surface area contributed by atoms with E-state index in [0.717, 1.165) is 6.54 Å². The summed E-state index contributed by atoms with van der Waals surface area (Å²) in [5.41, 5.74) is 6.83. The zero-order valence-electron chi connectivity index (χ0n) is 11.1. The zero-order chi connectivity index (χ0) is 13.7. The van der Waals surface area contributed by atoms with Crippen molar-refractivity contribution < 1.29 is 9.53 Å². The molecule has 0 aromatic heterocycles. The molecule has 0 radical (unpaired) electrons. The van der Waals surface area contributed by atoms with Gasteiger partial charge in [0.2, 0.25) is 0 Å². The summed E-state index contributed by atoms with van der Waals surface area (Å²) in [6.07, 6.45) is 3.74. The number of benzene rings is 1. The van der Waals surface area contributed by atoms with E-state index in [4.69, 9.17) is 10.5 Å². The van der Waals surface area contributed by atoms with Crippen LogP contribution >= 0.6 is 11.8 Å². The first-order valence-electron chi connectivity index (χ1n) is 6.54. The van der Waals surface area contributed by atoms with Crippen molar-refractivity contribution in [3.05, 3.63) is 23.8 Å². The van der Waals surface area contributed by atoms with Crippen molar-refractivity contribution >= 4 is 23.4 Å². The number of nitrogen functional groups attached to an aromatic ring is 1. The van der Waals surface area contributed by atoms with Crippen LogP contribution in [0.15, 0.2) is 18.2 Å². The molecule has 1 saturated heterocycles. The van der Waals surface area contributed by atoms with Crippen LogP contribution in [0.1, 0.15) is 29.6 Å². The van der Waals surface area contributed by atoms with E-state index in [9.17, 15) is 4.79 Å². The zero-order valence-corrected chi connectivity index (χ0v) is 12.0. The third-order valence-corrected chi connectivity index (χ3v) is 4.67. The lowest BCUT2D eigenvalue weighted by atomic mass is 10.1. The molecule has 0 bridgehead atoms. The maximum Gasteiger partial charge on any atom is 0.253 e. The minimum atomic E-state index is -0.105. The Morgan fingerprint density at radius 2 is 2.37 bits per heavy atom. The third-order valence-electron chi connectivity index (χ3n) is 3.27. The molecule has 1 aromatic rings. The standard InChI is InChI=1S/C14H20N2O2S/c1-18-10-5-6-12(13(15)8-10)14(17)16-9-11-4-2-3-7-19-11/h5-6,8,11H,2-4,7,9,15H2,1H3,(H,16,17). The average Bonchev–Trinajstić information content (AvgIpc) is 2.45. The van der Waals surface area contributed by atoms with Crippen LogP contribution in [0.5, 0.6) is 5.75 Å². The number of methoxy groups -OCH3 is 1. The maximum absolute atomic E-state index is 12.1. The smallest absolute Gasteiger partial charge is 0.253 e. The van der Waals surface area contributed by atoms with E-state index in [1.807, 2.05) is 11.8 Å². The first-order chi connectivity index (χ1) is 9.20. The van der Waals surface area contributed by atoms with Crippen molar-refractivity contribution in [2.24, 2.45) is 0 Å². The molecule has 0 aliphatic carbocycles. The number of nitrogens with two attached hydrogens (primary N) is 1. The molecule has 0 saturated carbocycles. The van der Waals surface area contributed by atoms with Crippen molar-refractivity contribution in [3.8, 4) is 5.75 Å². The molecule has 1 atom stereocenters. The molecule has 1 unspecified atom stereocenters. The van der Waals surface area contributed by atoms with E-state index in [1.165, 1.54) is 25.0 Å². The molecule has 1 fully saturated rings. The van der Waals surface area contributed by atoms with Gasteiger partial charge in [0.25, 0.3) is 5.91 Å². The van der Waals surface area contributed by atoms with E-state index in [2.05, 4.69) is 5.32 Å². The Hall–Kier alpha value is -1.36. The fraction of sp³-hybridized carbons (Fsp3) is 0.500. The van der Waals surface area contributed by atoms with Crippen LogP contribution in [-0.2, 0) is 0 Å². The molecule has 4 nitrogen and oxygen atoms in total. The van der Waals surface area contributed by atoms with Gasteiger partial charge in [0.05, 0.1) is 12.7 Å². The normalized spacial score (nSPS) is 18.9. The highest BCUT2D eigenvalue weighted by Crippen LogP contribution is 2.24. The fourth-order valence-electron chi connectivity index (χ4n) is 2.14. The molecular weight excluding hydrogens is 260 g/mol. The van der Waals surface area contributed by atoms with Crippen LogP contribution in [-0.4, -0.2) is 30.6 Å². The Bertz CT molecular complexity index is 445. The van der Waals surface area contributed by atoms with Gasteiger partial charge in [-0.05, 0) is 30.7 Å². The van der Waals surface area contributed by atoms with Crippen molar-refractivity contribution in [3.63, 3.8) is 0 Å². The maximum atomic E-state index is 12.1. The molecule has 3 N–H and O–H groups in total. The summed E-state index contributed by atoms with van der Waals surface area (Å²) < 4.78 is 5.07. The monoisotopic (exact) mass is 280 g/mol. The highest BCUT2D eigenvalue weighted by molar-refractivity contribution is 7.99. The van der Waals surface area contributed by atoms with Crippen LogP contribution in [0.25, 0.3) is 0 Å². The van der Waals surface area contributed by atoms with Crippen LogP contribution in [0.3, 0.4) is 0 Å². The van der Waals surface area contributed by atoms with Crippen LogP contribution in [0.4, 0.5) is 5.69 Å². The highest BCUT2D eigenvalue weighted by Gasteiger charge is 2.16. The van der Waals surface area contributed by atoms with Gasteiger partial charge in [0.1, 0.15) is 5.75 Å². The second-order valence-corrected chi connectivity index (χ2v) is 6.06. The predicted molar refractivity (Wildman–Crippen MR) is 79.8 cm³/mol. The summed E-state index contributed by atoms with van der Waals surface area (Å²) >= 11 is 1.94. The number of hydrogen-bond donors (Lipinski definition) is 2. The van der Waals surface area contributed by atoms with Gasteiger partial charge in [0.15, 0.2) is 0 Å². The molecule has 1 aliphatic rings. The van der Waals surface area contributed by atoms with Gasteiger partial charge in [-0.3, -0.25) is 4.79 Å². The summed E-state index contributed by atoms with van der Waals surface area (Å²) in [5, 5.41) is 3.51. The Labute approximate surface area is 118 Å². The van der Waals surface area contributed by atoms with Crippen molar-refractivity contribution in [1.29, 1.82) is 0 Å². The van der Waals surface area contributed by atoms with E-state index < -0.39 is 0 Å². The lowest BCUT2D eigenvalue weighted by molar-refractivity contribution is 0.0954. The Kier molecular flexibility index (Phi) is 4.96. The Morgan fingerprint density at radius 1 is 1.53 bits per heavy atom. The van der Waals surface area contributed by atoms with Crippen molar-refractivity contribution in [2.45, 2.75) is 24.5 Å². The Morgan fingerprint density at radius 3 is 3.00 bits per heavy atom. The predicted octanol–water partition coefficient (Wildman–Crippen LogP) is 2.29. The fourth-order valence-corrected chi connectivity index (χ4v) is 3.38. The minimum Gasteiger partial charge on any atom is -0.497 e. The van der Waals surface area contributed by atoms with Gasteiger partial charge >= 0.3 is 0 Å². The number of thioether (sulfide) groups is 1. The lowest BCUT2D eigenvalue weighted by Crippen LogP contribution is -2.32. The van der Waals surface area contributed by atoms with E-state index in [-0.39, 0.29) is 5.91 Å². The molecule has 5 heteroatoms. The second-order valence-electron chi connectivity index (χ2n) is 4.65. The number of rotatable bonds is 4. The van der Waals surface area contributed by atoms with Gasteiger partial charge in [-0.25, -0.2) is 0 Å². The number of amides is 1. The number of carbonyl (C=O) groups is 1. The summed E-state index contributed by atoms with van der Waals surface area (Å²) in [4.78, 5) is 12.1. The highest BCUT2D eigenvalue weighted by atomic mass is 32.2. The molecule has 1 heterocycles. The van der Waals surface area contributed by atoms with Crippen LogP contribution in [0.2, 0.25) is 0 Å². The first kappa shape index (κ1) is 14.1. The van der Waals surface area contributed by atoms with Gasteiger partial charge in [-0.1, -0.05) is 6.42 Å². The van der Waals surface area contributed by atoms with Gasteiger partial charge in [0, 0.05) is 23.5 Å². The van der Waals surface area contributed by atoms with Crippen molar-refractivity contribution in [2.75, 3.05) is 25.1 Å². The van der Waals surface area contributed by atoms with Crippen LogP contribution < -0.4 is 15.8 Å². The largest absolute Gasteiger partial charge is 0.497 e. The van der Waals surface area contributed by atoms with E-state index in [0.29, 0.717) is 22.3 Å². The molecule has 1 amide bonds. The number of carbonyl (C=O) groups excluding carboxylic acids is 1. The molecule has 104 valence electrons. The molecule has 2 rings (SSSR count). The summed E-state index contributed by atoms with van der Waals surface area (Å²) in [6.45, 7) is 0.717. The molecule has 1 aromatic carbocycles. The Balaban J connectivity index is 1.92. The molecule has 0 spiro atoms. The first-order valence-corrected chi connectivity index (χ1v) is 7.59. The van der Waals surface area contributed by atoms with Gasteiger partial charge in [-0.15, -0.1) is 0 Å². The van der Waals surface area contributed by atoms with Crippen LogP contribution in [0, 0.1) is 0 Å². The number of hydrogen-bond acceptors (Lipinski definition) is 4. The quantitative estimate of drug-likeness (QED) is 0.831. The molecule has 1 aliphatic heterocycles. The van der Waals surface area contributed by atoms with Crippen molar-refractivity contribution in [1.82, 2.24) is 5.32 Å². The summed E-state index contributed by atoms with van der Waals surface area (Å²) in [6, 6.07) is 5.13. The SMILES string of the molecule is COc1ccc(C(=O)NCC2CCCCS2)c(N)c1. The third kappa shape index (κ3) is 3.80. The topological polar surface area (TPSA) is 64.3 Å². The number of anilines is 1. The summed E-state index contributed by atoms with van der Waals surface area (Å²) in [5.74, 6) is 1.76. The lowest BCUT2D eigenvalue weighted by Gasteiger charge is -2.21. The number of ether oxygens (including phenoxy) is 1. The van der Waals surface area contributed by atoms with E-state index in [1.54, 1.807) is 25.3 Å². The summed E-state index contributed by atoms with van der Waals surface area (Å²) in [7, 11) is 1.58. The molecule has 19 heavy (non-hydrogen) atoms. The average molecular weight is 280 g/mol. The second kappa shape index (κ2) is 6.70. The van der Waals surface area contributed by atoms with Gasteiger partial charge < -0.3 is 15.8 Å². The minimum absolute atomic E-state index is 0.105. The number of nitrogens with one attached hydrogen (secondary N) is 1. The molecular formula is C14H20N2O2S.